The first-order valence-electron chi connectivity index (χ1n) is 19.1. The summed E-state index contributed by atoms with van der Waals surface area (Å²) in [5.41, 5.74) is -1.73. The fourth-order valence-corrected chi connectivity index (χ4v) is 9.78. The second-order valence-electron chi connectivity index (χ2n) is 15.7. The van der Waals surface area contributed by atoms with Gasteiger partial charge in [0.1, 0.15) is 22.7 Å². The monoisotopic (exact) mass is 770 g/mol. The molecule has 4 fully saturated rings. The van der Waals surface area contributed by atoms with E-state index in [1.165, 1.54) is 14.0 Å². The SMILES string of the molecule is COC(=O)C1=CC[C@@]23CC[C@H]([C@@](C)(/C=C/C=C(\C)C(=O)N4CCC(Nc5cccc6c5C(=O)N(C5CCC(=O)NC5=O)C6=O)CC4)OC2=O)[C@@]3(OC(C)=O)CC1. The maximum Gasteiger partial charge on any atom is 0.333 e. The molecule has 2 bridgehead atoms. The molecule has 2 aliphatic carbocycles. The lowest BCUT2D eigenvalue weighted by molar-refractivity contribution is -0.235. The van der Waals surface area contributed by atoms with Gasteiger partial charge >= 0.3 is 17.9 Å². The highest BCUT2D eigenvalue weighted by atomic mass is 16.6. The molecule has 4 heterocycles. The van der Waals surface area contributed by atoms with Crippen LogP contribution in [0.25, 0.3) is 0 Å². The van der Waals surface area contributed by atoms with Crippen LogP contribution in [0, 0.1) is 11.3 Å². The third-order valence-corrected chi connectivity index (χ3v) is 12.6. The molecule has 296 valence electrons. The number of allylic oxidation sites excluding steroid dienone is 3. The van der Waals surface area contributed by atoms with Crippen LogP contribution in [-0.2, 0) is 43.0 Å². The van der Waals surface area contributed by atoms with Crippen LogP contribution >= 0.6 is 0 Å². The van der Waals surface area contributed by atoms with Gasteiger partial charge in [-0.1, -0.05) is 24.3 Å². The van der Waals surface area contributed by atoms with Gasteiger partial charge in [0.2, 0.25) is 17.7 Å². The molecule has 0 radical (unpaired) electrons. The van der Waals surface area contributed by atoms with Crippen molar-refractivity contribution in [1.29, 1.82) is 0 Å². The molecule has 7 rings (SSSR count). The summed E-state index contributed by atoms with van der Waals surface area (Å²) in [6.45, 7) is 5.68. The van der Waals surface area contributed by atoms with E-state index in [1.807, 2.05) is 0 Å². The van der Waals surface area contributed by atoms with E-state index in [1.54, 1.807) is 61.3 Å². The number of piperidine rings is 2. The Bertz CT molecular complexity index is 2030. The third kappa shape index (κ3) is 6.30. The Morgan fingerprint density at radius 3 is 2.43 bits per heavy atom. The van der Waals surface area contributed by atoms with Crippen LogP contribution in [0.1, 0.15) is 99.3 Å². The summed E-state index contributed by atoms with van der Waals surface area (Å²) in [6.07, 6.45) is 9.78. The van der Waals surface area contributed by atoms with E-state index < -0.39 is 70.1 Å². The molecule has 5 atom stereocenters. The number of benzene rings is 1. The highest BCUT2D eigenvalue weighted by Gasteiger charge is 2.74. The Kier molecular flexibility index (Phi) is 10.00. The minimum absolute atomic E-state index is 0.0326. The zero-order chi connectivity index (χ0) is 40.2. The third-order valence-electron chi connectivity index (χ3n) is 12.6. The fraction of sp³-hybridized carbons (Fsp3) is 0.512. The van der Waals surface area contributed by atoms with E-state index in [-0.39, 0.29) is 55.2 Å². The zero-order valence-electron chi connectivity index (χ0n) is 31.9. The molecule has 15 nitrogen and oxygen atoms in total. The Balaban J connectivity index is 0.999. The molecular formula is C41H46N4O11. The number of hydrogen-bond donors (Lipinski definition) is 2. The average Bonchev–Trinajstić information content (AvgIpc) is 3.50. The van der Waals surface area contributed by atoms with Crippen molar-refractivity contribution in [3.05, 3.63) is 64.8 Å². The van der Waals surface area contributed by atoms with Crippen LogP contribution in [-0.4, -0.2) is 101 Å². The quantitative estimate of drug-likeness (QED) is 0.129. The van der Waals surface area contributed by atoms with Crippen molar-refractivity contribution in [3.63, 3.8) is 0 Å². The van der Waals surface area contributed by atoms with Gasteiger partial charge in [-0.05, 0) is 83.4 Å². The Labute approximate surface area is 323 Å². The number of fused-ring (bicyclic) bond motifs is 1. The highest BCUT2D eigenvalue weighted by molar-refractivity contribution is 6.25. The van der Waals surface area contributed by atoms with Gasteiger partial charge < -0.3 is 24.4 Å². The largest absolute Gasteiger partial charge is 0.466 e. The molecule has 15 heteroatoms. The van der Waals surface area contributed by atoms with Crippen molar-refractivity contribution in [1.82, 2.24) is 15.1 Å². The summed E-state index contributed by atoms with van der Waals surface area (Å²) in [4.78, 5) is 106. The number of carbonyl (C=O) groups is 8. The molecule has 56 heavy (non-hydrogen) atoms. The number of rotatable bonds is 8. The van der Waals surface area contributed by atoms with Crippen molar-refractivity contribution in [2.75, 3.05) is 25.5 Å². The molecular weight excluding hydrogens is 724 g/mol. The van der Waals surface area contributed by atoms with E-state index in [0.29, 0.717) is 55.6 Å². The number of likely N-dealkylation sites (tertiary alicyclic amines) is 1. The van der Waals surface area contributed by atoms with E-state index in [0.717, 1.165) is 4.90 Å². The minimum atomic E-state index is -1.19. The lowest BCUT2D eigenvalue weighted by Crippen LogP contribution is -2.65. The Morgan fingerprint density at radius 2 is 1.73 bits per heavy atom. The molecule has 0 spiro atoms. The predicted octanol–water partition coefficient (Wildman–Crippen LogP) is 3.29. The Morgan fingerprint density at radius 1 is 0.982 bits per heavy atom. The number of carbonyl (C=O) groups excluding carboxylic acids is 8. The number of cyclic esters (lactones) is 1. The number of nitrogens with one attached hydrogen (secondary N) is 2. The van der Waals surface area contributed by atoms with Gasteiger partial charge in [-0.15, -0.1) is 0 Å². The summed E-state index contributed by atoms with van der Waals surface area (Å²) in [5, 5.41) is 5.59. The van der Waals surface area contributed by atoms with Crippen LogP contribution in [0.15, 0.2) is 53.6 Å². The van der Waals surface area contributed by atoms with Crippen molar-refractivity contribution >= 4 is 53.1 Å². The van der Waals surface area contributed by atoms with Crippen LogP contribution in [0.4, 0.5) is 5.69 Å². The average molecular weight is 771 g/mol. The topological polar surface area (TPSA) is 195 Å². The van der Waals surface area contributed by atoms with E-state index in [9.17, 15) is 38.4 Å². The molecule has 6 aliphatic rings. The second kappa shape index (κ2) is 14.5. The predicted molar refractivity (Wildman–Crippen MR) is 197 cm³/mol. The number of nitrogens with zero attached hydrogens (tertiary/aromatic N) is 2. The molecule has 3 saturated heterocycles. The summed E-state index contributed by atoms with van der Waals surface area (Å²) >= 11 is 0. The van der Waals surface area contributed by atoms with Crippen molar-refractivity contribution in [2.24, 2.45) is 11.3 Å². The fourth-order valence-electron chi connectivity index (χ4n) is 9.78. The molecule has 1 aromatic carbocycles. The summed E-state index contributed by atoms with van der Waals surface area (Å²) in [5.74, 6) is -4.32. The maximum atomic E-state index is 13.9. The normalized spacial score (nSPS) is 30.6. The zero-order valence-corrected chi connectivity index (χ0v) is 31.9. The summed E-state index contributed by atoms with van der Waals surface area (Å²) in [7, 11) is 1.30. The molecule has 1 aromatic rings. The molecule has 2 N–H and O–H groups in total. The summed E-state index contributed by atoms with van der Waals surface area (Å²) in [6, 6.07) is 3.77. The molecule has 4 aliphatic heterocycles. The smallest absolute Gasteiger partial charge is 0.333 e. The van der Waals surface area contributed by atoms with Gasteiger partial charge in [-0.2, -0.15) is 0 Å². The second-order valence-corrected chi connectivity index (χ2v) is 15.7. The number of methoxy groups -OCH3 is 1. The molecule has 1 unspecified atom stereocenters. The molecule has 0 aromatic heterocycles. The Hall–Kier alpha value is -5.60. The molecule has 5 amide bonds. The van der Waals surface area contributed by atoms with Crippen molar-refractivity contribution in [3.8, 4) is 0 Å². The van der Waals surface area contributed by atoms with Gasteiger partial charge in [0.25, 0.3) is 11.8 Å². The summed E-state index contributed by atoms with van der Waals surface area (Å²) < 4.78 is 17.2. The van der Waals surface area contributed by atoms with Crippen molar-refractivity contribution < 1.29 is 52.6 Å². The number of anilines is 1. The number of amides is 5. The van der Waals surface area contributed by atoms with Crippen molar-refractivity contribution in [2.45, 2.75) is 102 Å². The first-order chi connectivity index (χ1) is 26.6. The van der Waals surface area contributed by atoms with Crippen LogP contribution in [0.5, 0.6) is 0 Å². The van der Waals surface area contributed by atoms with Gasteiger partial charge in [-0.3, -0.25) is 43.8 Å². The van der Waals surface area contributed by atoms with Crippen LogP contribution in [0.3, 0.4) is 0 Å². The van der Waals surface area contributed by atoms with Gasteiger partial charge in [0, 0.05) is 55.2 Å². The van der Waals surface area contributed by atoms with Crippen LogP contribution in [0.2, 0.25) is 0 Å². The number of ether oxygens (including phenoxy) is 3. The first-order valence-corrected chi connectivity index (χ1v) is 19.1. The lowest BCUT2D eigenvalue weighted by atomic mass is 9.62. The van der Waals surface area contributed by atoms with Crippen LogP contribution < -0.4 is 10.6 Å². The van der Waals surface area contributed by atoms with E-state index in [2.05, 4.69) is 10.6 Å². The first kappa shape index (κ1) is 38.7. The van der Waals surface area contributed by atoms with Gasteiger partial charge in [0.05, 0.1) is 18.2 Å². The van der Waals surface area contributed by atoms with E-state index in [4.69, 9.17) is 14.2 Å². The van der Waals surface area contributed by atoms with Gasteiger partial charge in [0.15, 0.2) is 0 Å². The molecule has 1 saturated carbocycles. The number of imide groups is 2. The minimum Gasteiger partial charge on any atom is -0.466 e. The standard InChI is InChI=1S/C41H46N4O11/c1-23(7-6-17-39(3)30-14-19-40(38(53)56-39)18-12-25(37(52)54-4)13-20-41(30,40)55-24(2)46)34(49)44-21-15-26(16-22-44)42-28-9-5-8-27-32(28)36(51)45(35(27)50)29-10-11-31(47)43-33(29)48/h5-9,12,17,26,29-30,42H,10-11,13-16,18-22H2,1-4H3,(H,43,47,48)/b17-6+,23-7+/t29?,30-,39-,40-,41+/m1/s1. The number of esters is 3. The maximum absolute atomic E-state index is 13.9. The van der Waals surface area contributed by atoms with E-state index >= 15 is 0 Å². The lowest BCUT2D eigenvalue weighted by Gasteiger charge is -2.54. The van der Waals surface area contributed by atoms with Gasteiger partial charge in [-0.25, -0.2) is 4.79 Å². The highest BCUT2D eigenvalue weighted by Crippen LogP contribution is 2.65. The number of hydrogen-bond acceptors (Lipinski definition) is 12.